The molecule has 0 aliphatic rings. The van der Waals surface area contributed by atoms with Crippen LogP contribution >= 0.6 is 11.8 Å². The number of aliphatic hydroxyl groups excluding tert-OH is 1. The second kappa shape index (κ2) is 20.4. The molecular weight excluding hydrogens is 700 g/mol. The van der Waals surface area contributed by atoms with E-state index in [9.17, 15) is 43.8 Å². The summed E-state index contributed by atoms with van der Waals surface area (Å²) in [5, 5.41) is 31.5. The molecule has 6 amide bonds. The lowest BCUT2D eigenvalue weighted by Crippen LogP contribution is -2.57. The van der Waals surface area contributed by atoms with Gasteiger partial charge in [-0.05, 0) is 42.9 Å². The molecule has 20 heteroatoms. The molecule has 13 N–H and O–H groups in total. The normalized spacial score (nSPS) is 13.9. The Bertz CT molecular complexity index is 1700. The highest BCUT2D eigenvalue weighted by atomic mass is 32.2. The van der Waals surface area contributed by atoms with Crippen molar-refractivity contribution in [2.45, 2.75) is 62.3 Å². The fourth-order valence-electron chi connectivity index (χ4n) is 5.06. The average Bonchev–Trinajstić information content (AvgIpc) is 3.79. The molecule has 0 saturated carbocycles. The number of amides is 6. The number of aliphatic carboxylic acids is 1. The van der Waals surface area contributed by atoms with Crippen LogP contribution in [0.3, 0.4) is 0 Å². The van der Waals surface area contributed by atoms with Gasteiger partial charge >= 0.3 is 5.97 Å². The Morgan fingerprint density at radius 2 is 1.54 bits per heavy atom. The summed E-state index contributed by atoms with van der Waals surface area (Å²) < 4.78 is 0. The van der Waals surface area contributed by atoms with Gasteiger partial charge in [0.25, 0.3) is 0 Å². The van der Waals surface area contributed by atoms with Crippen molar-refractivity contribution in [3.8, 4) is 0 Å². The number of rotatable bonds is 22. The number of nitrogens with two attached hydrogens (primary N) is 2. The third kappa shape index (κ3) is 12.7. The van der Waals surface area contributed by atoms with Crippen molar-refractivity contribution >= 4 is 64.1 Å². The number of imidazole rings is 1. The number of fused-ring (bicyclic) bond motifs is 1. The molecule has 0 unspecified atom stereocenters. The van der Waals surface area contributed by atoms with E-state index in [1.807, 2.05) is 24.3 Å². The number of benzene rings is 1. The van der Waals surface area contributed by atoms with Crippen molar-refractivity contribution in [3.63, 3.8) is 0 Å². The summed E-state index contributed by atoms with van der Waals surface area (Å²) in [7, 11) is 0. The Kier molecular flexibility index (Phi) is 16.1. The number of aromatic amines is 2. The molecule has 0 aliphatic carbocycles. The van der Waals surface area contributed by atoms with Crippen LogP contribution in [0.15, 0.2) is 43.0 Å². The highest BCUT2D eigenvalue weighted by Crippen LogP contribution is 2.19. The number of nitrogens with zero attached hydrogens (tertiary/aromatic N) is 1. The number of carbonyl (C=O) groups is 7. The Hall–Kier alpha value is -5.47. The number of hydrogen-bond donors (Lipinski definition) is 11. The quantitative estimate of drug-likeness (QED) is 0.0496. The van der Waals surface area contributed by atoms with Crippen molar-refractivity contribution < 1.29 is 43.8 Å². The highest BCUT2D eigenvalue weighted by Gasteiger charge is 2.30. The third-order valence-corrected chi connectivity index (χ3v) is 8.50. The monoisotopic (exact) mass is 744 g/mol. The molecule has 0 saturated heterocycles. The number of carboxylic acids is 1. The number of nitrogens with one attached hydrogen (secondary N) is 7. The molecule has 0 radical (unpaired) electrons. The highest BCUT2D eigenvalue weighted by molar-refractivity contribution is 7.98. The van der Waals surface area contributed by atoms with Crippen molar-refractivity contribution in [1.82, 2.24) is 41.5 Å². The van der Waals surface area contributed by atoms with E-state index >= 15 is 0 Å². The lowest BCUT2D eigenvalue weighted by atomic mass is 10.0. The van der Waals surface area contributed by atoms with Gasteiger partial charge in [0.1, 0.15) is 24.2 Å². The number of primary amides is 1. The maximum absolute atomic E-state index is 13.5. The van der Waals surface area contributed by atoms with Gasteiger partial charge in [-0.15, -0.1) is 0 Å². The van der Waals surface area contributed by atoms with E-state index in [1.165, 1.54) is 24.3 Å². The van der Waals surface area contributed by atoms with Crippen LogP contribution in [-0.2, 0) is 46.4 Å². The van der Waals surface area contributed by atoms with Crippen molar-refractivity contribution in [2.24, 2.45) is 11.5 Å². The van der Waals surface area contributed by atoms with Crippen molar-refractivity contribution in [3.05, 3.63) is 54.2 Å². The molecule has 3 aromatic rings. The zero-order chi connectivity index (χ0) is 38.2. The van der Waals surface area contributed by atoms with Gasteiger partial charge < -0.3 is 58.2 Å². The molecule has 5 atom stereocenters. The summed E-state index contributed by atoms with van der Waals surface area (Å²) in [5.41, 5.74) is 13.6. The number of H-pyrrole nitrogens is 2. The fourth-order valence-corrected chi connectivity index (χ4v) is 5.53. The number of aliphatic hydroxyl groups is 1. The summed E-state index contributed by atoms with van der Waals surface area (Å²) in [4.78, 5) is 98.1. The molecule has 282 valence electrons. The minimum atomic E-state index is -1.62. The lowest BCUT2D eigenvalue weighted by Gasteiger charge is -2.24. The Morgan fingerprint density at radius 1 is 0.865 bits per heavy atom. The van der Waals surface area contributed by atoms with Crippen LogP contribution in [0.5, 0.6) is 0 Å². The molecule has 3 rings (SSSR count). The van der Waals surface area contributed by atoms with E-state index in [4.69, 9.17) is 11.5 Å². The summed E-state index contributed by atoms with van der Waals surface area (Å²) in [6.07, 6.45) is 5.97. The first kappa shape index (κ1) is 41.0. The maximum atomic E-state index is 13.5. The van der Waals surface area contributed by atoms with E-state index in [-0.39, 0.29) is 32.1 Å². The minimum absolute atomic E-state index is 0.125. The van der Waals surface area contributed by atoms with Gasteiger partial charge in [-0.2, -0.15) is 11.8 Å². The molecule has 1 aromatic carbocycles. The second-order valence-corrected chi connectivity index (χ2v) is 12.8. The molecule has 2 heterocycles. The standard InChI is InChI=1S/C32H44N10O9S/c1-52-9-8-23(29(47)37-14-27(45)39-24(11-18-13-35-16-38-18)31(49)42-25(15-43)32(50)51)41-30(48)22(6-7-26(34)44)40-28(46)20(33)10-17-12-36-21-5-3-2-4-19(17)21/h2-5,12-13,16,20,22-25,36,43H,6-11,14-15,33H2,1H3,(H2,34,44)(H,35,38)(H,37,47)(H,39,45)(H,40,46)(H,41,48)(H,42,49)(H,50,51)/t20-,22-,23+,24-,25+/m0/s1. The van der Waals surface area contributed by atoms with Gasteiger partial charge in [0.05, 0.1) is 25.5 Å². The molecular formula is C32H44N10O9S. The number of carbonyl (C=O) groups excluding carboxylic acids is 6. The molecule has 0 aliphatic heterocycles. The van der Waals surface area contributed by atoms with Crippen LogP contribution in [-0.4, -0.2) is 122 Å². The molecule has 0 bridgehead atoms. The van der Waals surface area contributed by atoms with Crippen molar-refractivity contribution in [2.75, 3.05) is 25.2 Å². The number of carboxylic acid groups (broad SMARTS) is 1. The number of aromatic nitrogens is 3. The van der Waals surface area contributed by atoms with Crippen LogP contribution in [0.25, 0.3) is 10.9 Å². The van der Waals surface area contributed by atoms with E-state index in [2.05, 4.69) is 41.5 Å². The van der Waals surface area contributed by atoms with Crippen LogP contribution in [0.1, 0.15) is 30.5 Å². The van der Waals surface area contributed by atoms with E-state index in [1.54, 1.807) is 12.5 Å². The predicted octanol–water partition coefficient (Wildman–Crippen LogP) is -2.85. The predicted molar refractivity (Wildman–Crippen MR) is 189 cm³/mol. The summed E-state index contributed by atoms with van der Waals surface area (Å²) in [6, 6.07) is 1.01. The Labute approximate surface area is 302 Å². The molecule has 52 heavy (non-hydrogen) atoms. The molecule has 19 nitrogen and oxygen atoms in total. The zero-order valence-corrected chi connectivity index (χ0v) is 29.2. The topological polar surface area (TPSA) is 317 Å². The average molecular weight is 745 g/mol. The number of thioether (sulfide) groups is 1. The number of para-hydroxylation sites is 1. The third-order valence-electron chi connectivity index (χ3n) is 7.86. The van der Waals surface area contributed by atoms with Gasteiger partial charge in [0, 0.05) is 41.8 Å². The summed E-state index contributed by atoms with van der Waals surface area (Å²) in [5.74, 6) is -5.73. The van der Waals surface area contributed by atoms with Gasteiger partial charge in [-0.25, -0.2) is 9.78 Å². The van der Waals surface area contributed by atoms with E-state index < -0.39 is 84.8 Å². The SMILES string of the molecule is CSCC[C@@H](NC(=O)[C@H](CCC(N)=O)NC(=O)[C@@H](N)Cc1c[nH]c2ccccc12)C(=O)NCC(=O)N[C@@H](Cc1cnc[nH]1)C(=O)N[C@H](CO)C(=O)O. The zero-order valence-electron chi connectivity index (χ0n) is 28.3. The minimum Gasteiger partial charge on any atom is -0.480 e. The van der Waals surface area contributed by atoms with Gasteiger partial charge in [0.15, 0.2) is 0 Å². The van der Waals surface area contributed by atoms with Crippen LogP contribution in [0.2, 0.25) is 0 Å². The molecule has 2 aromatic heterocycles. The maximum Gasteiger partial charge on any atom is 0.328 e. The molecule has 0 spiro atoms. The second-order valence-electron chi connectivity index (χ2n) is 11.8. The van der Waals surface area contributed by atoms with E-state index in [0.717, 1.165) is 16.5 Å². The van der Waals surface area contributed by atoms with Crippen LogP contribution in [0.4, 0.5) is 0 Å². The van der Waals surface area contributed by atoms with E-state index in [0.29, 0.717) is 11.4 Å². The van der Waals surface area contributed by atoms with Crippen LogP contribution in [0, 0.1) is 0 Å². The fraction of sp³-hybridized carbons (Fsp3) is 0.438. The smallest absolute Gasteiger partial charge is 0.328 e. The first-order valence-corrected chi connectivity index (χ1v) is 17.6. The first-order chi connectivity index (χ1) is 24.8. The largest absolute Gasteiger partial charge is 0.480 e. The van der Waals surface area contributed by atoms with Gasteiger partial charge in [-0.3, -0.25) is 28.8 Å². The summed E-state index contributed by atoms with van der Waals surface area (Å²) >= 11 is 1.39. The van der Waals surface area contributed by atoms with Crippen molar-refractivity contribution in [1.29, 1.82) is 0 Å². The number of hydrogen-bond acceptors (Lipinski definition) is 11. The van der Waals surface area contributed by atoms with Gasteiger partial charge in [0.2, 0.25) is 35.4 Å². The van der Waals surface area contributed by atoms with Crippen LogP contribution < -0.4 is 38.1 Å². The Balaban J connectivity index is 1.65. The lowest BCUT2D eigenvalue weighted by molar-refractivity contribution is -0.143. The molecule has 0 fully saturated rings. The van der Waals surface area contributed by atoms with Gasteiger partial charge in [-0.1, -0.05) is 18.2 Å². The summed E-state index contributed by atoms with van der Waals surface area (Å²) in [6.45, 7) is -1.53. The Morgan fingerprint density at radius 3 is 2.19 bits per heavy atom. The first-order valence-electron chi connectivity index (χ1n) is 16.2.